The summed E-state index contributed by atoms with van der Waals surface area (Å²) in [6, 6.07) is 33.4. The summed E-state index contributed by atoms with van der Waals surface area (Å²) in [6.45, 7) is 14.2. The molecule has 1 aliphatic heterocycles. The molecule has 3 aliphatic rings. The predicted octanol–water partition coefficient (Wildman–Crippen LogP) is 7.22. The molecule has 2 atom stereocenters. The zero-order chi connectivity index (χ0) is 32.0. The average Bonchev–Trinajstić information content (AvgIpc) is 3.58. The smallest absolute Gasteiger partial charge is 1.00 e. The van der Waals surface area contributed by atoms with Gasteiger partial charge in [-0.25, -0.2) is 0 Å². The van der Waals surface area contributed by atoms with Gasteiger partial charge >= 0.3 is 285 Å². The van der Waals surface area contributed by atoms with Crippen molar-refractivity contribution in [3.05, 3.63) is 129 Å². The van der Waals surface area contributed by atoms with E-state index in [9.17, 15) is 0 Å². The number of hydrogen-bond donors (Lipinski definition) is 0. The van der Waals surface area contributed by atoms with Gasteiger partial charge in [-0.15, -0.1) is 0 Å². The summed E-state index contributed by atoms with van der Waals surface area (Å²) >= 11 is -2.91. The largest absolute Gasteiger partial charge is 1.00 e. The van der Waals surface area contributed by atoms with Gasteiger partial charge in [0.2, 0.25) is 0 Å². The molecule has 2 aliphatic carbocycles. The quantitative estimate of drug-likeness (QED) is 0.161. The van der Waals surface area contributed by atoms with E-state index in [2.05, 4.69) is 139 Å². The maximum absolute atomic E-state index is 2.91. The van der Waals surface area contributed by atoms with E-state index in [1.54, 1.807) is 22.3 Å². The summed E-state index contributed by atoms with van der Waals surface area (Å²) in [4.78, 5) is 0. The summed E-state index contributed by atoms with van der Waals surface area (Å²) in [7, 11) is 0. The number of benzene rings is 4. The van der Waals surface area contributed by atoms with Crippen molar-refractivity contribution < 1.29 is 45.1 Å². The van der Waals surface area contributed by atoms with Crippen LogP contribution in [0, 0.1) is 11.8 Å². The van der Waals surface area contributed by atoms with E-state index in [-0.39, 0.29) is 24.8 Å². The zero-order valence-electron chi connectivity index (χ0n) is 29.8. The fraction of sp³-hybridized carbons (Fsp3) is 0.378. The first-order chi connectivity index (χ1) is 22.3. The van der Waals surface area contributed by atoms with Crippen LogP contribution in [-0.4, -0.2) is 0 Å². The van der Waals surface area contributed by atoms with Crippen LogP contribution in [0.1, 0.15) is 101 Å². The first-order valence-electron chi connectivity index (χ1n) is 18.2. The molecule has 0 N–H and O–H groups in total. The third-order valence-electron chi connectivity index (χ3n) is 11.4. The normalized spacial score (nSPS) is 18.1. The Morgan fingerprint density at radius 3 is 1.27 bits per heavy atom. The second-order valence-electron chi connectivity index (χ2n) is 15.3. The molecule has 250 valence electrons. The molecular weight excluding hydrogens is 703 g/mol. The van der Waals surface area contributed by atoms with Crippen LogP contribution in [0.15, 0.2) is 96.1 Å². The van der Waals surface area contributed by atoms with E-state index in [1.165, 1.54) is 72.0 Å². The summed E-state index contributed by atoms with van der Waals surface area (Å²) < 4.78 is 4.38. The second kappa shape index (κ2) is 15.4. The minimum absolute atomic E-state index is 0. The number of rotatable bonds is 10. The standard InChI is InChI=1S/2C21H23.C3H6.2ClH.Zr/c2*1-4-16-8-10-18(11-9-16)20-7-5-6-19-13-17(12-15(2)3)14-21(19)20;1-3-2;;;/h2*5-11,13-15H,4,12H2,1-3H3;1-3H2;2*1H;/q;;;;;+2/p-2. The molecule has 4 aromatic rings. The third kappa shape index (κ3) is 6.66. The Kier molecular flexibility index (Phi) is 11.9. The molecule has 1 fully saturated rings. The van der Waals surface area contributed by atoms with Crippen LogP contribution in [0.3, 0.4) is 0 Å². The molecule has 0 bridgehead atoms. The van der Waals surface area contributed by atoms with Crippen LogP contribution in [0.25, 0.3) is 34.4 Å². The Morgan fingerprint density at radius 2 is 0.958 bits per heavy atom. The monoisotopic (exact) mass is 752 g/mol. The van der Waals surface area contributed by atoms with Gasteiger partial charge in [0.05, 0.1) is 0 Å². The van der Waals surface area contributed by atoms with Crippen molar-refractivity contribution in [1.29, 1.82) is 0 Å². The van der Waals surface area contributed by atoms with Gasteiger partial charge in [0.1, 0.15) is 0 Å². The number of allylic oxidation sites excluding steroid dienone is 2. The SMILES string of the molecule is CCc1ccc(-c2cccc3c2C=C(CC(C)C)[CH]3[Zr+2]2([CH]3C(CC(C)C)=Cc4c(-c5ccc(CC)cc5)cccc43)[CH2]C[CH2]2)cc1.[Cl-].[Cl-]. The van der Waals surface area contributed by atoms with Crippen molar-refractivity contribution in [1.82, 2.24) is 0 Å². The van der Waals surface area contributed by atoms with Crippen molar-refractivity contribution in [2.24, 2.45) is 11.8 Å². The minimum Gasteiger partial charge on any atom is -1.00 e. The van der Waals surface area contributed by atoms with Gasteiger partial charge in [0, 0.05) is 0 Å². The maximum atomic E-state index is 2.69. The zero-order valence-corrected chi connectivity index (χ0v) is 33.7. The molecule has 48 heavy (non-hydrogen) atoms. The Morgan fingerprint density at radius 1 is 0.562 bits per heavy atom. The van der Waals surface area contributed by atoms with Crippen LogP contribution in [-0.2, 0) is 33.1 Å². The number of hydrogen-bond acceptors (Lipinski definition) is 0. The molecule has 0 saturated carbocycles. The van der Waals surface area contributed by atoms with Crippen molar-refractivity contribution in [2.75, 3.05) is 0 Å². The van der Waals surface area contributed by atoms with Gasteiger partial charge in [0.25, 0.3) is 0 Å². The summed E-state index contributed by atoms with van der Waals surface area (Å²) in [6.07, 6.45) is 11.4. The fourth-order valence-electron chi connectivity index (χ4n) is 9.26. The van der Waals surface area contributed by atoms with E-state index in [0.717, 1.165) is 12.8 Å². The van der Waals surface area contributed by atoms with E-state index in [0.29, 0.717) is 19.1 Å². The molecule has 1 saturated heterocycles. The van der Waals surface area contributed by atoms with E-state index in [4.69, 9.17) is 0 Å². The Labute approximate surface area is 307 Å². The molecule has 7 rings (SSSR count). The summed E-state index contributed by atoms with van der Waals surface area (Å²) in [5, 5.41) is 0. The molecule has 0 radical (unpaired) electrons. The molecule has 0 aromatic heterocycles. The number of fused-ring (bicyclic) bond motifs is 2. The van der Waals surface area contributed by atoms with Crippen molar-refractivity contribution in [3.63, 3.8) is 0 Å². The summed E-state index contributed by atoms with van der Waals surface area (Å²) in [5.74, 6) is 1.33. The fourth-order valence-corrected chi connectivity index (χ4v) is 24.7. The topological polar surface area (TPSA) is 0 Å². The van der Waals surface area contributed by atoms with E-state index in [1.807, 2.05) is 0 Å². The van der Waals surface area contributed by atoms with E-state index < -0.39 is 20.3 Å². The van der Waals surface area contributed by atoms with Crippen LogP contribution in [0.5, 0.6) is 0 Å². The van der Waals surface area contributed by atoms with Gasteiger partial charge in [0.15, 0.2) is 0 Å². The molecule has 0 amide bonds. The second-order valence-corrected chi connectivity index (χ2v) is 26.7. The minimum atomic E-state index is -2.91. The van der Waals surface area contributed by atoms with Crippen LogP contribution in [0.4, 0.5) is 0 Å². The first-order valence-corrected chi connectivity index (χ1v) is 24.5. The van der Waals surface area contributed by atoms with Gasteiger partial charge in [-0.2, -0.15) is 0 Å². The van der Waals surface area contributed by atoms with E-state index >= 15 is 0 Å². The van der Waals surface area contributed by atoms with Crippen LogP contribution in [0.2, 0.25) is 8.26 Å². The average molecular weight is 755 g/mol. The molecule has 1 heterocycles. The van der Waals surface area contributed by atoms with Gasteiger partial charge < -0.3 is 24.8 Å². The number of halogens is 2. The molecule has 0 spiro atoms. The Hall–Kier alpha value is -2.18. The van der Waals surface area contributed by atoms with Crippen LogP contribution >= 0.6 is 0 Å². The third-order valence-corrected chi connectivity index (χ3v) is 26.7. The summed E-state index contributed by atoms with van der Waals surface area (Å²) in [5.41, 5.74) is 18.4. The van der Waals surface area contributed by atoms with Crippen LogP contribution < -0.4 is 24.8 Å². The first kappa shape index (κ1) is 37.1. The number of aryl methyl sites for hydroxylation is 2. The maximum Gasteiger partial charge on any atom is -1.00 e. The molecule has 0 nitrogen and oxygen atoms in total. The predicted molar refractivity (Wildman–Crippen MR) is 197 cm³/mol. The van der Waals surface area contributed by atoms with Gasteiger partial charge in [-0.1, -0.05) is 0 Å². The van der Waals surface area contributed by atoms with Crippen molar-refractivity contribution in [3.8, 4) is 22.3 Å². The van der Waals surface area contributed by atoms with Crippen molar-refractivity contribution >= 4 is 12.2 Å². The Balaban J connectivity index is 0.00000225. The molecular formula is C45H52Cl2Zr. The van der Waals surface area contributed by atoms with Gasteiger partial charge in [-0.3, -0.25) is 0 Å². The molecule has 4 aromatic carbocycles. The van der Waals surface area contributed by atoms with Crippen molar-refractivity contribution in [2.45, 2.75) is 89.2 Å². The van der Waals surface area contributed by atoms with Gasteiger partial charge in [-0.05, 0) is 0 Å². The molecule has 2 unspecified atom stereocenters. The molecule has 3 heteroatoms. The Bertz CT molecular complexity index is 1660.